The number of anilines is 1. The molecule has 0 aliphatic heterocycles. The molecule has 3 aromatic rings. The molecule has 8 heteroatoms. The van der Waals surface area contributed by atoms with Gasteiger partial charge in [-0.3, -0.25) is 9.59 Å². The predicted octanol–water partition coefficient (Wildman–Crippen LogP) is 2.57. The van der Waals surface area contributed by atoms with Gasteiger partial charge in [-0.15, -0.1) is 0 Å². The van der Waals surface area contributed by atoms with Gasteiger partial charge in [-0.2, -0.15) is 0 Å². The van der Waals surface area contributed by atoms with E-state index in [1.165, 1.54) is 0 Å². The van der Waals surface area contributed by atoms with Crippen LogP contribution in [0, 0.1) is 0 Å². The molecule has 0 saturated heterocycles. The maximum Gasteiger partial charge on any atom is 0.268 e. The van der Waals surface area contributed by atoms with Gasteiger partial charge in [0.25, 0.3) is 5.91 Å². The van der Waals surface area contributed by atoms with Crippen molar-refractivity contribution in [3.8, 4) is 17.2 Å². The molecule has 152 valence electrons. The van der Waals surface area contributed by atoms with Crippen LogP contribution in [-0.2, 0) is 11.8 Å². The van der Waals surface area contributed by atoms with E-state index in [2.05, 4.69) is 10.6 Å². The lowest BCUT2D eigenvalue weighted by Gasteiger charge is -2.10. The highest BCUT2D eigenvalue weighted by Crippen LogP contribution is 2.35. The monoisotopic (exact) mass is 397 g/mol. The molecule has 1 aromatic heterocycles. The molecule has 0 aliphatic rings. The lowest BCUT2D eigenvalue weighted by atomic mass is 10.2. The molecule has 3 rings (SSSR count). The Morgan fingerprint density at radius 2 is 1.69 bits per heavy atom. The fourth-order valence-corrected chi connectivity index (χ4v) is 3.13. The SMILES string of the molecule is COc1cccc(NC(=O)CNC(=O)c2cc3c(OC)ccc(OC)c3n2C)c1. The molecule has 1 heterocycles. The van der Waals surface area contributed by atoms with E-state index in [4.69, 9.17) is 14.2 Å². The third-order valence-corrected chi connectivity index (χ3v) is 4.55. The van der Waals surface area contributed by atoms with Crippen LogP contribution in [0.15, 0.2) is 42.5 Å². The van der Waals surface area contributed by atoms with Gasteiger partial charge in [-0.1, -0.05) is 6.07 Å². The van der Waals surface area contributed by atoms with E-state index >= 15 is 0 Å². The molecule has 0 saturated carbocycles. The van der Waals surface area contributed by atoms with Crippen molar-refractivity contribution in [3.05, 3.63) is 48.2 Å². The normalized spacial score (nSPS) is 10.5. The number of hydrogen-bond donors (Lipinski definition) is 2. The molecule has 0 aliphatic carbocycles. The Balaban J connectivity index is 1.74. The van der Waals surface area contributed by atoms with Crippen molar-refractivity contribution in [1.82, 2.24) is 9.88 Å². The number of aromatic nitrogens is 1. The highest BCUT2D eigenvalue weighted by Gasteiger charge is 2.19. The average molecular weight is 397 g/mol. The zero-order chi connectivity index (χ0) is 21.0. The number of hydrogen-bond acceptors (Lipinski definition) is 5. The maximum absolute atomic E-state index is 12.7. The summed E-state index contributed by atoms with van der Waals surface area (Å²) in [7, 11) is 6.44. The minimum atomic E-state index is -0.381. The Morgan fingerprint density at radius 1 is 0.966 bits per heavy atom. The molecule has 0 radical (unpaired) electrons. The third-order valence-electron chi connectivity index (χ3n) is 4.55. The van der Waals surface area contributed by atoms with Crippen molar-refractivity contribution in [2.24, 2.45) is 7.05 Å². The first-order valence-electron chi connectivity index (χ1n) is 8.91. The van der Waals surface area contributed by atoms with Crippen LogP contribution in [-0.4, -0.2) is 44.3 Å². The van der Waals surface area contributed by atoms with Crippen molar-refractivity contribution in [3.63, 3.8) is 0 Å². The quantitative estimate of drug-likeness (QED) is 0.640. The topological polar surface area (TPSA) is 90.8 Å². The summed E-state index contributed by atoms with van der Waals surface area (Å²) in [6.45, 7) is -0.175. The van der Waals surface area contributed by atoms with E-state index in [-0.39, 0.29) is 18.4 Å². The molecular formula is C21H23N3O5. The van der Waals surface area contributed by atoms with Gasteiger partial charge in [0.1, 0.15) is 22.9 Å². The van der Waals surface area contributed by atoms with Crippen molar-refractivity contribution >= 4 is 28.4 Å². The predicted molar refractivity (Wildman–Crippen MR) is 110 cm³/mol. The lowest BCUT2D eigenvalue weighted by molar-refractivity contribution is -0.115. The summed E-state index contributed by atoms with van der Waals surface area (Å²) in [4.78, 5) is 24.9. The van der Waals surface area contributed by atoms with Gasteiger partial charge in [0.15, 0.2) is 0 Å². The molecule has 0 bridgehead atoms. The molecule has 8 nitrogen and oxygen atoms in total. The van der Waals surface area contributed by atoms with Crippen LogP contribution in [0.3, 0.4) is 0 Å². The molecule has 2 N–H and O–H groups in total. The Bertz CT molecular complexity index is 1060. The van der Waals surface area contributed by atoms with Crippen LogP contribution in [0.4, 0.5) is 5.69 Å². The summed E-state index contributed by atoms with van der Waals surface area (Å²) in [6.07, 6.45) is 0. The number of carbonyl (C=O) groups excluding carboxylic acids is 2. The first kappa shape index (κ1) is 20.1. The first-order chi connectivity index (χ1) is 14.0. The molecule has 0 atom stereocenters. The number of methoxy groups -OCH3 is 3. The second kappa shape index (κ2) is 8.55. The highest BCUT2D eigenvalue weighted by atomic mass is 16.5. The second-order valence-corrected chi connectivity index (χ2v) is 6.28. The maximum atomic E-state index is 12.7. The summed E-state index contributed by atoms with van der Waals surface area (Å²) >= 11 is 0. The van der Waals surface area contributed by atoms with Crippen molar-refractivity contribution in [2.75, 3.05) is 33.2 Å². The molecule has 0 unspecified atom stereocenters. The molecule has 2 amide bonds. The number of fused-ring (bicyclic) bond motifs is 1. The highest BCUT2D eigenvalue weighted by molar-refractivity contribution is 6.04. The van der Waals surface area contributed by atoms with E-state index in [1.54, 1.807) is 75.4 Å². The number of nitrogens with one attached hydrogen (secondary N) is 2. The van der Waals surface area contributed by atoms with Crippen molar-refractivity contribution < 1.29 is 23.8 Å². The number of aryl methyl sites for hydroxylation is 1. The van der Waals surface area contributed by atoms with Gasteiger partial charge in [-0.05, 0) is 30.3 Å². The Labute approximate surface area is 168 Å². The van der Waals surface area contributed by atoms with E-state index in [0.717, 1.165) is 10.9 Å². The smallest absolute Gasteiger partial charge is 0.268 e. The number of benzene rings is 2. The Hall–Kier alpha value is -3.68. The second-order valence-electron chi connectivity index (χ2n) is 6.28. The van der Waals surface area contributed by atoms with Crippen LogP contribution in [0.25, 0.3) is 10.9 Å². The van der Waals surface area contributed by atoms with Gasteiger partial charge >= 0.3 is 0 Å². The van der Waals surface area contributed by atoms with E-state index in [1.807, 2.05) is 0 Å². The molecule has 0 spiro atoms. The van der Waals surface area contributed by atoms with Gasteiger partial charge < -0.3 is 29.4 Å². The fraction of sp³-hybridized carbons (Fsp3) is 0.238. The van der Waals surface area contributed by atoms with Crippen LogP contribution in [0.1, 0.15) is 10.5 Å². The van der Waals surface area contributed by atoms with Crippen LogP contribution in [0.5, 0.6) is 17.2 Å². The Kier molecular flexibility index (Phi) is 5.92. The number of rotatable bonds is 7. The van der Waals surface area contributed by atoms with Crippen LogP contribution < -0.4 is 24.8 Å². The Morgan fingerprint density at radius 3 is 2.38 bits per heavy atom. The molecular weight excluding hydrogens is 374 g/mol. The summed E-state index contributed by atoms with van der Waals surface area (Å²) in [6, 6.07) is 12.3. The van der Waals surface area contributed by atoms with Gasteiger partial charge in [0, 0.05) is 24.2 Å². The standard InChI is InChI=1S/C21H23N3O5/c1-24-16(11-15-17(28-3)8-9-18(29-4)20(15)24)21(26)22-12-19(25)23-13-6-5-7-14(10-13)27-2/h5-11H,12H2,1-4H3,(H,22,26)(H,23,25). The molecule has 29 heavy (non-hydrogen) atoms. The average Bonchev–Trinajstić information content (AvgIpc) is 3.09. The van der Waals surface area contributed by atoms with Gasteiger partial charge in [0.05, 0.1) is 33.4 Å². The number of nitrogens with zero attached hydrogens (tertiary/aromatic N) is 1. The number of carbonyl (C=O) groups is 2. The van der Waals surface area contributed by atoms with Crippen LogP contribution in [0.2, 0.25) is 0 Å². The number of ether oxygens (including phenoxy) is 3. The van der Waals surface area contributed by atoms with E-state index in [0.29, 0.717) is 28.6 Å². The minimum absolute atomic E-state index is 0.175. The summed E-state index contributed by atoms with van der Waals surface area (Å²) in [5.74, 6) is 1.16. The molecule has 0 fully saturated rings. The lowest BCUT2D eigenvalue weighted by Crippen LogP contribution is -2.33. The van der Waals surface area contributed by atoms with E-state index in [9.17, 15) is 9.59 Å². The van der Waals surface area contributed by atoms with Crippen LogP contribution >= 0.6 is 0 Å². The largest absolute Gasteiger partial charge is 0.497 e. The zero-order valence-electron chi connectivity index (χ0n) is 16.7. The van der Waals surface area contributed by atoms with E-state index < -0.39 is 0 Å². The zero-order valence-corrected chi connectivity index (χ0v) is 16.7. The van der Waals surface area contributed by atoms with Gasteiger partial charge in [-0.25, -0.2) is 0 Å². The summed E-state index contributed by atoms with van der Waals surface area (Å²) < 4.78 is 17.6. The summed E-state index contributed by atoms with van der Waals surface area (Å²) in [5, 5.41) is 6.11. The summed E-state index contributed by atoms with van der Waals surface area (Å²) in [5.41, 5.74) is 1.71. The van der Waals surface area contributed by atoms with Crippen molar-refractivity contribution in [1.29, 1.82) is 0 Å². The van der Waals surface area contributed by atoms with Gasteiger partial charge in [0.2, 0.25) is 5.91 Å². The minimum Gasteiger partial charge on any atom is -0.497 e. The molecule has 2 aromatic carbocycles. The fourth-order valence-electron chi connectivity index (χ4n) is 3.13. The first-order valence-corrected chi connectivity index (χ1v) is 8.91. The number of amides is 2. The van der Waals surface area contributed by atoms with Crippen molar-refractivity contribution in [2.45, 2.75) is 0 Å². The third kappa shape index (κ3) is 4.11.